The molecule has 0 aliphatic carbocycles. The zero-order valence-corrected chi connectivity index (χ0v) is 16.6. The molecule has 2 N–H and O–H groups in total. The topological polar surface area (TPSA) is 82.4 Å². The number of benzene rings is 2. The zero-order valence-electron chi connectivity index (χ0n) is 16.6. The first-order valence-electron chi connectivity index (χ1n) is 9.83. The third-order valence-electron chi connectivity index (χ3n) is 5.94. The highest BCUT2D eigenvalue weighted by molar-refractivity contribution is 5.94. The molecule has 0 unspecified atom stereocenters. The van der Waals surface area contributed by atoms with Crippen LogP contribution in [0.25, 0.3) is 0 Å². The van der Waals surface area contributed by atoms with E-state index in [4.69, 9.17) is 10.00 Å². The van der Waals surface area contributed by atoms with Crippen LogP contribution in [-0.4, -0.2) is 29.3 Å². The van der Waals surface area contributed by atoms with Crippen LogP contribution in [0.1, 0.15) is 34.6 Å². The molecule has 33 heavy (non-hydrogen) atoms. The number of fused-ring (bicyclic) bond motifs is 2. The van der Waals surface area contributed by atoms with Crippen LogP contribution >= 0.6 is 0 Å². The summed E-state index contributed by atoms with van der Waals surface area (Å²) in [6.45, 7) is 0. The van der Waals surface area contributed by atoms with Gasteiger partial charge in [0.15, 0.2) is 0 Å². The molecule has 2 aromatic rings. The van der Waals surface area contributed by atoms with Crippen LogP contribution in [0, 0.1) is 17.2 Å². The Bertz CT molecular complexity index is 1120. The summed E-state index contributed by atoms with van der Waals surface area (Å²) in [7, 11) is 0. The fraction of sp³-hybridized carbons (Fsp3) is 0.364. The lowest BCUT2D eigenvalue weighted by Crippen LogP contribution is -2.41. The van der Waals surface area contributed by atoms with Gasteiger partial charge in [-0.25, -0.2) is 0 Å². The molecular weight excluding hydrogens is 454 g/mol. The molecule has 0 saturated carbocycles. The summed E-state index contributed by atoms with van der Waals surface area (Å²) in [6, 6.07) is 8.44. The summed E-state index contributed by atoms with van der Waals surface area (Å²) in [6.07, 6.45) is -12.1. The largest absolute Gasteiger partial charge is 0.417 e. The molecule has 2 heterocycles. The molecule has 2 aliphatic heterocycles. The molecule has 2 aromatic carbocycles. The van der Waals surface area contributed by atoms with Gasteiger partial charge in [-0.1, -0.05) is 18.2 Å². The Hall–Kier alpha value is -3.10. The van der Waals surface area contributed by atoms with Gasteiger partial charge in [0.25, 0.3) is 0 Å². The van der Waals surface area contributed by atoms with E-state index in [0.29, 0.717) is 6.07 Å². The van der Waals surface area contributed by atoms with Crippen molar-refractivity contribution in [3.05, 3.63) is 64.7 Å². The molecule has 0 radical (unpaired) electrons. The zero-order chi connectivity index (χ0) is 24.1. The minimum atomic E-state index is -4.83. The molecule has 174 valence electrons. The number of rotatable bonds is 3. The van der Waals surface area contributed by atoms with Crippen LogP contribution < -0.4 is 5.32 Å². The molecule has 2 saturated heterocycles. The number of aliphatic hydroxyl groups is 1. The van der Waals surface area contributed by atoms with Crippen molar-refractivity contribution in [2.45, 2.75) is 43.0 Å². The summed E-state index contributed by atoms with van der Waals surface area (Å²) in [5.41, 5.74) is -2.87. The molecule has 4 rings (SSSR count). The number of hydrogen-bond donors (Lipinski definition) is 2. The molecule has 1 amide bonds. The lowest BCUT2D eigenvalue weighted by molar-refractivity contribution is -0.138. The number of nitrogens with one attached hydrogen (secondary N) is 1. The number of nitriles is 1. The average molecular weight is 470 g/mol. The van der Waals surface area contributed by atoms with Crippen molar-refractivity contribution in [1.29, 1.82) is 5.26 Å². The summed E-state index contributed by atoms with van der Waals surface area (Å²) >= 11 is 0. The second kappa shape index (κ2) is 8.04. The third kappa shape index (κ3) is 4.28. The summed E-state index contributed by atoms with van der Waals surface area (Å²) < 4.78 is 84.9. The Morgan fingerprint density at radius 2 is 1.82 bits per heavy atom. The van der Waals surface area contributed by atoms with Gasteiger partial charge in [-0.3, -0.25) is 4.79 Å². The summed E-state index contributed by atoms with van der Waals surface area (Å²) in [4.78, 5) is 13.1. The first-order chi connectivity index (χ1) is 15.4. The van der Waals surface area contributed by atoms with Crippen molar-refractivity contribution < 1.29 is 41.0 Å². The monoisotopic (exact) mass is 470 g/mol. The predicted molar refractivity (Wildman–Crippen MR) is 102 cm³/mol. The van der Waals surface area contributed by atoms with Crippen molar-refractivity contribution >= 4 is 11.6 Å². The second-order valence-corrected chi connectivity index (χ2v) is 7.98. The first kappa shape index (κ1) is 23.1. The van der Waals surface area contributed by atoms with Crippen LogP contribution in [0.3, 0.4) is 0 Å². The van der Waals surface area contributed by atoms with E-state index in [9.17, 15) is 36.2 Å². The summed E-state index contributed by atoms with van der Waals surface area (Å²) in [5, 5.41) is 21.5. The molecular formula is C22H16F6N2O3. The average Bonchev–Trinajstić information content (AvgIpc) is 3.29. The fourth-order valence-electron chi connectivity index (χ4n) is 4.54. The molecule has 5 nitrogen and oxygen atoms in total. The predicted octanol–water partition coefficient (Wildman–Crippen LogP) is 4.47. The van der Waals surface area contributed by atoms with Gasteiger partial charge >= 0.3 is 12.4 Å². The Morgan fingerprint density at radius 3 is 2.45 bits per heavy atom. The van der Waals surface area contributed by atoms with E-state index < -0.39 is 65.1 Å². The van der Waals surface area contributed by atoms with Gasteiger partial charge in [0.1, 0.15) is 0 Å². The van der Waals surface area contributed by atoms with Gasteiger partial charge < -0.3 is 15.2 Å². The van der Waals surface area contributed by atoms with Crippen LogP contribution in [0.5, 0.6) is 0 Å². The highest BCUT2D eigenvalue weighted by atomic mass is 19.4. The van der Waals surface area contributed by atoms with Gasteiger partial charge in [0.05, 0.1) is 47.0 Å². The molecule has 0 spiro atoms. The molecule has 2 bridgehead atoms. The highest BCUT2D eigenvalue weighted by Gasteiger charge is 2.57. The minimum Gasteiger partial charge on any atom is -0.390 e. The van der Waals surface area contributed by atoms with E-state index in [1.54, 1.807) is 0 Å². The van der Waals surface area contributed by atoms with Crippen molar-refractivity contribution in [1.82, 2.24) is 0 Å². The lowest BCUT2D eigenvalue weighted by Gasteiger charge is -2.30. The molecule has 5 atom stereocenters. The van der Waals surface area contributed by atoms with E-state index in [2.05, 4.69) is 5.32 Å². The first-order valence-corrected chi connectivity index (χ1v) is 9.83. The number of halogens is 6. The number of hydrogen-bond acceptors (Lipinski definition) is 4. The van der Waals surface area contributed by atoms with Crippen LogP contribution in [0.4, 0.5) is 32.0 Å². The molecule has 2 fully saturated rings. The van der Waals surface area contributed by atoms with Crippen molar-refractivity contribution in [3.63, 3.8) is 0 Å². The number of carbonyl (C=O) groups is 1. The van der Waals surface area contributed by atoms with Gasteiger partial charge in [0.2, 0.25) is 5.91 Å². The number of anilines is 1. The summed E-state index contributed by atoms with van der Waals surface area (Å²) in [5.74, 6) is -2.72. The number of ether oxygens (including phenoxy) is 1. The molecule has 11 heteroatoms. The number of alkyl halides is 6. The van der Waals surface area contributed by atoms with E-state index in [1.165, 1.54) is 18.2 Å². The van der Waals surface area contributed by atoms with E-state index in [1.807, 2.05) is 0 Å². The maximum Gasteiger partial charge on any atom is 0.417 e. The SMILES string of the molecule is N#Cc1ccc(NC(=O)[C@@H]2[C@@H](c3cccc(C(F)(F)F)c3)[C@H]3O[C@@H]2C[C@@H]3O)cc1C(F)(F)F. The maximum atomic E-state index is 13.2. The smallest absolute Gasteiger partial charge is 0.390 e. The normalized spacial score (nSPS) is 26.8. The van der Waals surface area contributed by atoms with Gasteiger partial charge in [-0.05, 0) is 29.8 Å². The van der Waals surface area contributed by atoms with Crippen LogP contribution in [0.15, 0.2) is 42.5 Å². The minimum absolute atomic E-state index is 0.0688. The van der Waals surface area contributed by atoms with Crippen molar-refractivity contribution in [2.75, 3.05) is 5.32 Å². The van der Waals surface area contributed by atoms with E-state index in [-0.39, 0.29) is 17.7 Å². The van der Waals surface area contributed by atoms with E-state index in [0.717, 1.165) is 24.3 Å². The maximum absolute atomic E-state index is 13.2. The van der Waals surface area contributed by atoms with Crippen molar-refractivity contribution in [3.8, 4) is 6.07 Å². The Labute approximate surface area is 183 Å². The molecule has 2 aliphatic rings. The third-order valence-corrected chi connectivity index (χ3v) is 5.94. The number of carbonyl (C=O) groups excluding carboxylic acids is 1. The van der Waals surface area contributed by atoms with Gasteiger partial charge in [-0.2, -0.15) is 31.6 Å². The Balaban J connectivity index is 1.65. The van der Waals surface area contributed by atoms with E-state index >= 15 is 0 Å². The Kier molecular flexibility index (Phi) is 5.62. The quantitative estimate of drug-likeness (QED) is 0.649. The number of nitrogens with zero attached hydrogens (tertiary/aromatic N) is 1. The van der Waals surface area contributed by atoms with Crippen molar-refractivity contribution in [2.24, 2.45) is 5.92 Å². The second-order valence-electron chi connectivity index (χ2n) is 7.98. The Morgan fingerprint density at radius 1 is 1.09 bits per heavy atom. The number of aliphatic hydroxyl groups excluding tert-OH is 1. The molecule has 0 aromatic heterocycles. The number of amides is 1. The highest BCUT2D eigenvalue weighted by Crippen LogP contribution is 2.50. The van der Waals surface area contributed by atoms with Gasteiger partial charge in [0, 0.05) is 18.0 Å². The van der Waals surface area contributed by atoms with Gasteiger partial charge in [-0.15, -0.1) is 0 Å². The standard InChI is InChI=1S/C22H16F6N2O3/c23-21(24,25)12-3-1-2-10(6-12)17-18(16-8-15(31)19(17)33-16)20(32)30-13-5-4-11(9-29)14(7-13)22(26,27)28/h1-7,15-19,31H,8H2,(H,30,32)/t15-,16+,17+,18-,19-/m0/s1. The van der Waals surface area contributed by atoms with Crippen LogP contribution in [-0.2, 0) is 21.9 Å². The lowest BCUT2D eigenvalue weighted by atomic mass is 9.73. The fourth-order valence-corrected chi connectivity index (χ4v) is 4.54. The van der Waals surface area contributed by atoms with Crippen LogP contribution in [0.2, 0.25) is 0 Å².